The maximum absolute atomic E-state index is 12.0. The molecule has 1 aromatic rings. The summed E-state index contributed by atoms with van der Waals surface area (Å²) in [6, 6.07) is 1.52. The number of nitrogens with zero attached hydrogens (tertiary/aromatic N) is 2. The van der Waals surface area contributed by atoms with Crippen molar-refractivity contribution < 1.29 is 14.3 Å². The van der Waals surface area contributed by atoms with E-state index in [4.69, 9.17) is 27.9 Å². The minimum Gasteiger partial charge on any atom is -0.469 e. The quantitative estimate of drug-likeness (QED) is 0.847. The van der Waals surface area contributed by atoms with Crippen LogP contribution in [0.3, 0.4) is 0 Å². The molecule has 1 aromatic heterocycles. The molecular weight excluding hydrogens is 329 g/mol. The number of hydrogen-bond acceptors (Lipinski definition) is 5. The number of rotatable bonds is 4. The number of pyridine rings is 1. The van der Waals surface area contributed by atoms with E-state index in [1.54, 1.807) is 0 Å². The maximum atomic E-state index is 12.0. The summed E-state index contributed by atoms with van der Waals surface area (Å²) in [6.07, 6.45) is 2.81. The van der Waals surface area contributed by atoms with Crippen molar-refractivity contribution in [1.29, 1.82) is 0 Å². The van der Waals surface area contributed by atoms with Crippen molar-refractivity contribution >= 4 is 40.9 Å². The summed E-state index contributed by atoms with van der Waals surface area (Å²) in [7, 11) is 1.39. The van der Waals surface area contributed by atoms with Crippen LogP contribution in [-0.4, -0.2) is 48.5 Å². The van der Waals surface area contributed by atoms with E-state index in [1.807, 2.05) is 4.90 Å². The topological polar surface area (TPSA) is 71.5 Å². The molecule has 1 aliphatic rings. The molecule has 120 valence electrons. The van der Waals surface area contributed by atoms with Crippen molar-refractivity contribution in [2.45, 2.75) is 12.8 Å². The molecule has 6 nitrogen and oxygen atoms in total. The number of likely N-dealkylation sites (tertiary alicyclic amines) is 1. The monoisotopic (exact) mass is 345 g/mol. The summed E-state index contributed by atoms with van der Waals surface area (Å²) in [5.41, 5.74) is 0. The Bertz CT molecular complexity index is 560. The Morgan fingerprint density at radius 2 is 2.09 bits per heavy atom. The molecular formula is C14H17Cl2N3O3. The number of carbonyl (C=O) groups is 2. The van der Waals surface area contributed by atoms with Crippen LogP contribution in [0.2, 0.25) is 10.0 Å². The second-order valence-electron chi connectivity index (χ2n) is 5.11. The van der Waals surface area contributed by atoms with Gasteiger partial charge in [0.25, 0.3) is 0 Å². The van der Waals surface area contributed by atoms with E-state index in [1.165, 1.54) is 19.4 Å². The number of ether oxygens (including phenoxy) is 1. The average Bonchev–Trinajstić information content (AvgIpc) is 2.50. The van der Waals surface area contributed by atoms with Gasteiger partial charge in [0.1, 0.15) is 0 Å². The minimum absolute atomic E-state index is 0.0725. The van der Waals surface area contributed by atoms with Gasteiger partial charge in [-0.1, -0.05) is 23.2 Å². The van der Waals surface area contributed by atoms with Gasteiger partial charge in [-0.05, 0) is 32.0 Å². The first-order valence-electron chi connectivity index (χ1n) is 6.90. The van der Waals surface area contributed by atoms with E-state index >= 15 is 0 Å². The summed E-state index contributed by atoms with van der Waals surface area (Å²) in [4.78, 5) is 29.4. The summed E-state index contributed by atoms with van der Waals surface area (Å²) in [5, 5.41) is 3.36. The number of nitrogens with one attached hydrogen (secondary N) is 1. The number of anilines is 1. The van der Waals surface area contributed by atoms with Crippen LogP contribution >= 0.6 is 23.2 Å². The lowest BCUT2D eigenvalue weighted by atomic mass is 9.97. The molecule has 0 bridgehead atoms. The zero-order valence-corrected chi connectivity index (χ0v) is 13.7. The average molecular weight is 346 g/mol. The van der Waals surface area contributed by atoms with E-state index < -0.39 is 0 Å². The van der Waals surface area contributed by atoms with Gasteiger partial charge in [0, 0.05) is 6.20 Å². The van der Waals surface area contributed by atoms with Gasteiger partial charge in [-0.2, -0.15) is 0 Å². The number of aromatic nitrogens is 1. The van der Waals surface area contributed by atoms with Crippen molar-refractivity contribution in [2.75, 3.05) is 32.1 Å². The molecule has 1 saturated heterocycles. The number of halogens is 2. The van der Waals surface area contributed by atoms with E-state index in [0.717, 1.165) is 0 Å². The van der Waals surface area contributed by atoms with Crippen LogP contribution < -0.4 is 5.32 Å². The third-order valence-electron chi connectivity index (χ3n) is 3.55. The number of methoxy groups -OCH3 is 1. The lowest BCUT2D eigenvalue weighted by Crippen LogP contribution is -2.41. The highest BCUT2D eigenvalue weighted by Gasteiger charge is 2.26. The van der Waals surface area contributed by atoms with Gasteiger partial charge in [-0.25, -0.2) is 4.98 Å². The molecule has 8 heteroatoms. The van der Waals surface area contributed by atoms with Crippen LogP contribution in [-0.2, 0) is 14.3 Å². The molecule has 0 aromatic carbocycles. The first-order valence-corrected chi connectivity index (χ1v) is 7.66. The van der Waals surface area contributed by atoms with Crippen LogP contribution in [0.25, 0.3) is 0 Å². The normalized spacial score (nSPS) is 16.3. The SMILES string of the molecule is COC(=O)C1CCN(CC(=O)Nc2ncc(Cl)cc2Cl)CC1. The molecule has 1 amide bonds. The van der Waals surface area contributed by atoms with Crippen molar-refractivity contribution in [3.05, 3.63) is 22.3 Å². The molecule has 1 aliphatic heterocycles. The van der Waals surface area contributed by atoms with Crippen molar-refractivity contribution in [3.63, 3.8) is 0 Å². The predicted molar refractivity (Wildman–Crippen MR) is 84.1 cm³/mol. The Kier molecular flexibility index (Phi) is 5.99. The molecule has 0 atom stereocenters. The highest BCUT2D eigenvalue weighted by atomic mass is 35.5. The largest absolute Gasteiger partial charge is 0.469 e. The van der Waals surface area contributed by atoms with Gasteiger partial charge in [-0.3, -0.25) is 14.5 Å². The van der Waals surface area contributed by atoms with Crippen molar-refractivity contribution in [3.8, 4) is 0 Å². The molecule has 1 N–H and O–H groups in total. The molecule has 2 heterocycles. The fourth-order valence-electron chi connectivity index (χ4n) is 2.37. The smallest absolute Gasteiger partial charge is 0.308 e. The summed E-state index contributed by atoms with van der Waals surface area (Å²) in [6.45, 7) is 1.58. The second kappa shape index (κ2) is 7.76. The van der Waals surface area contributed by atoms with Crippen molar-refractivity contribution in [2.24, 2.45) is 5.92 Å². The maximum Gasteiger partial charge on any atom is 0.308 e. The third-order valence-corrected chi connectivity index (χ3v) is 4.05. The van der Waals surface area contributed by atoms with Crippen LogP contribution in [0.15, 0.2) is 12.3 Å². The second-order valence-corrected chi connectivity index (χ2v) is 5.95. The number of amides is 1. The molecule has 0 unspecified atom stereocenters. The minimum atomic E-state index is -0.201. The lowest BCUT2D eigenvalue weighted by molar-refractivity contribution is -0.147. The predicted octanol–water partition coefficient (Wildman–Crippen LogP) is 2.21. The molecule has 22 heavy (non-hydrogen) atoms. The van der Waals surface area contributed by atoms with Gasteiger partial charge in [0.2, 0.25) is 5.91 Å². The van der Waals surface area contributed by atoms with Gasteiger partial charge in [-0.15, -0.1) is 0 Å². The van der Waals surface area contributed by atoms with Crippen molar-refractivity contribution in [1.82, 2.24) is 9.88 Å². The summed E-state index contributed by atoms with van der Waals surface area (Å²) in [5.74, 6) is -0.160. The molecule has 1 fully saturated rings. The van der Waals surface area contributed by atoms with E-state index in [0.29, 0.717) is 41.8 Å². The molecule has 0 aliphatic carbocycles. The van der Waals surface area contributed by atoms with Crippen LogP contribution in [0.4, 0.5) is 5.82 Å². The zero-order chi connectivity index (χ0) is 16.1. The standard InChI is InChI=1S/C14H17Cl2N3O3/c1-22-14(21)9-2-4-19(5-3-9)8-12(20)18-13-11(16)6-10(15)7-17-13/h6-7,9H,2-5,8H2,1H3,(H,17,18,20). The van der Waals surface area contributed by atoms with Gasteiger partial charge < -0.3 is 10.1 Å². The van der Waals surface area contributed by atoms with Gasteiger partial charge >= 0.3 is 5.97 Å². The van der Waals surface area contributed by atoms with Gasteiger partial charge in [0.15, 0.2) is 5.82 Å². The lowest BCUT2D eigenvalue weighted by Gasteiger charge is -2.29. The number of esters is 1. The van der Waals surface area contributed by atoms with E-state index in [9.17, 15) is 9.59 Å². The molecule has 0 radical (unpaired) electrons. The van der Waals surface area contributed by atoms with Crippen LogP contribution in [0, 0.1) is 5.92 Å². The summed E-state index contributed by atoms with van der Waals surface area (Å²) < 4.78 is 4.74. The van der Waals surface area contributed by atoms with Gasteiger partial charge in [0.05, 0.1) is 29.6 Å². The Balaban J connectivity index is 1.82. The number of piperidine rings is 1. The summed E-state index contributed by atoms with van der Waals surface area (Å²) >= 11 is 11.7. The third kappa shape index (κ3) is 4.56. The Labute approximate surface area is 138 Å². The highest BCUT2D eigenvalue weighted by Crippen LogP contribution is 2.23. The molecule has 0 spiro atoms. The van der Waals surface area contributed by atoms with Crippen LogP contribution in [0.1, 0.15) is 12.8 Å². The Hall–Kier alpha value is -1.37. The molecule has 2 rings (SSSR count). The van der Waals surface area contributed by atoms with E-state index in [2.05, 4.69) is 10.3 Å². The van der Waals surface area contributed by atoms with Crippen LogP contribution in [0.5, 0.6) is 0 Å². The fraction of sp³-hybridized carbons (Fsp3) is 0.500. The number of carbonyl (C=O) groups excluding carboxylic acids is 2. The first kappa shape index (κ1) is 17.0. The Morgan fingerprint density at radius 1 is 1.41 bits per heavy atom. The zero-order valence-electron chi connectivity index (χ0n) is 12.1. The highest BCUT2D eigenvalue weighted by molar-refractivity contribution is 6.36. The Morgan fingerprint density at radius 3 is 2.68 bits per heavy atom. The van der Waals surface area contributed by atoms with E-state index in [-0.39, 0.29) is 24.3 Å². The number of hydrogen-bond donors (Lipinski definition) is 1. The first-order chi connectivity index (χ1) is 10.5. The molecule has 0 saturated carbocycles. The fourth-order valence-corrected chi connectivity index (χ4v) is 2.80.